The van der Waals surface area contributed by atoms with E-state index in [9.17, 15) is 0 Å². The number of anilines is 6. The van der Waals surface area contributed by atoms with Crippen molar-refractivity contribution in [3.8, 4) is 11.4 Å². The molecule has 5 aromatic carbocycles. The van der Waals surface area contributed by atoms with E-state index in [1.54, 1.807) is 0 Å². The normalized spacial score (nSPS) is 29.7. The van der Waals surface area contributed by atoms with E-state index in [4.69, 9.17) is 15.0 Å². The minimum absolute atomic E-state index is 0.00849. The van der Waals surface area contributed by atoms with Crippen LogP contribution in [0.5, 0.6) is 0 Å². The van der Waals surface area contributed by atoms with E-state index in [0.29, 0.717) is 41.4 Å². The summed E-state index contributed by atoms with van der Waals surface area (Å²) in [6.45, 7) is 6.87. The molecule has 0 saturated heterocycles. The van der Waals surface area contributed by atoms with E-state index in [1.165, 1.54) is 115 Å². The number of aromatic nitrogens is 3. The van der Waals surface area contributed by atoms with Crippen LogP contribution in [0.15, 0.2) is 121 Å². The molecule has 3 heterocycles. The van der Waals surface area contributed by atoms with Gasteiger partial charge in [-0.15, -0.1) is 0 Å². The zero-order chi connectivity index (χ0) is 41.1. The Hall–Kier alpha value is -5.29. The molecule has 5 heteroatoms. The maximum absolute atomic E-state index is 5.75. The summed E-state index contributed by atoms with van der Waals surface area (Å²) in [6, 6.07) is 46.4. The molecule has 8 aliphatic carbocycles. The molecule has 6 aromatic rings. The molecule has 8 bridgehead atoms. The van der Waals surface area contributed by atoms with Crippen molar-refractivity contribution >= 4 is 34.6 Å². The second-order valence-electron chi connectivity index (χ2n) is 22.2. The van der Waals surface area contributed by atoms with Gasteiger partial charge in [0.1, 0.15) is 0 Å². The standard InChI is InChI=1S/C57H57N5/c1-55(2,3)39-14-12-13-38(33-39)52-58-53(61-48-19-8-4-15-44(48)56(45-16-5-9-20-49(45)61)40-25-34-23-35(27-40)28-41(56)26-34)60-54(59-52)62-50-21-10-6-17-46(50)57(47-18-7-11-22-51(47)62)42-29-36-24-37(31-42)32-43(57)30-36/h4-22,33-37,40-43H,23-32H2,1-3H3. The Morgan fingerprint density at radius 1 is 0.419 bits per heavy atom. The number of hydrogen-bond donors (Lipinski definition) is 0. The summed E-state index contributed by atoms with van der Waals surface area (Å²) in [7, 11) is 0. The molecule has 8 saturated carbocycles. The van der Waals surface area contributed by atoms with Gasteiger partial charge in [0.2, 0.25) is 11.9 Å². The van der Waals surface area contributed by atoms with Gasteiger partial charge in [0.15, 0.2) is 5.82 Å². The third-order valence-electron chi connectivity index (χ3n) is 18.2. The van der Waals surface area contributed by atoms with E-state index in [0.717, 1.165) is 29.2 Å². The van der Waals surface area contributed by atoms with Crippen LogP contribution in [0, 0.1) is 47.3 Å². The molecule has 10 aliphatic rings. The van der Waals surface area contributed by atoms with Crippen molar-refractivity contribution < 1.29 is 0 Å². The van der Waals surface area contributed by atoms with Gasteiger partial charge < -0.3 is 0 Å². The summed E-state index contributed by atoms with van der Waals surface area (Å²) in [6.07, 6.45) is 13.6. The van der Waals surface area contributed by atoms with Gasteiger partial charge in [-0.2, -0.15) is 15.0 Å². The second kappa shape index (κ2) is 12.7. The van der Waals surface area contributed by atoms with Crippen LogP contribution in [0.25, 0.3) is 11.4 Å². The Labute approximate surface area is 367 Å². The molecule has 8 fully saturated rings. The molecule has 62 heavy (non-hydrogen) atoms. The molecule has 2 aliphatic heterocycles. The first-order valence-corrected chi connectivity index (χ1v) is 24.1. The topological polar surface area (TPSA) is 45.2 Å². The van der Waals surface area contributed by atoms with Crippen LogP contribution >= 0.6 is 0 Å². The van der Waals surface area contributed by atoms with Crippen LogP contribution in [-0.4, -0.2) is 15.0 Å². The summed E-state index contributed by atoms with van der Waals surface area (Å²) >= 11 is 0. The van der Waals surface area contributed by atoms with Crippen molar-refractivity contribution in [2.45, 2.75) is 101 Å². The summed E-state index contributed by atoms with van der Waals surface area (Å²) < 4.78 is 0. The fourth-order valence-corrected chi connectivity index (χ4v) is 16.5. The smallest absolute Gasteiger partial charge is 0.240 e. The second-order valence-corrected chi connectivity index (χ2v) is 22.2. The van der Waals surface area contributed by atoms with Gasteiger partial charge in [0.25, 0.3) is 0 Å². The van der Waals surface area contributed by atoms with E-state index in [2.05, 4.69) is 152 Å². The summed E-state index contributed by atoms with van der Waals surface area (Å²) in [5, 5.41) is 0. The van der Waals surface area contributed by atoms with Crippen LogP contribution in [0.1, 0.15) is 113 Å². The lowest BCUT2D eigenvalue weighted by Gasteiger charge is -2.64. The van der Waals surface area contributed by atoms with E-state index < -0.39 is 0 Å². The van der Waals surface area contributed by atoms with Crippen LogP contribution in [0.2, 0.25) is 0 Å². The molecule has 0 N–H and O–H groups in total. The lowest BCUT2D eigenvalue weighted by Crippen LogP contribution is -2.57. The van der Waals surface area contributed by atoms with Crippen molar-refractivity contribution in [1.82, 2.24) is 15.0 Å². The highest BCUT2D eigenvalue weighted by atomic mass is 15.4. The number of para-hydroxylation sites is 4. The minimum atomic E-state index is -0.0237. The zero-order valence-electron chi connectivity index (χ0n) is 36.5. The van der Waals surface area contributed by atoms with Crippen molar-refractivity contribution in [2.24, 2.45) is 47.3 Å². The van der Waals surface area contributed by atoms with Gasteiger partial charge in [0, 0.05) is 16.4 Å². The number of benzene rings is 5. The minimum Gasteiger partial charge on any atom is -0.278 e. The van der Waals surface area contributed by atoms with Crippen LogP contribution < -0.4 is 9.80 Å². The maximum Gasteiger partial charge on any atom is 0.240 e. The lowest BCUT2D eigenvalue weighted by molar-refractivity contribution is -0.0419. The Bertz CT molecular complexity index is 2500. The number of rotatable bonds is 3. The Kier molecular flexibility index (Phi) is 7.40. The quantitative estimate of drug-likeness (QED) is 0.178. The van der Waals surface area contributed by atoms with Crippen molar-refractivity contribution in [3.63, 3.8) is 0 Å². The fraction of sp³-hybridized carbons (Fsp3) is 0.421. The molecule has 5 nitrogen and oxygen atoms in total. The maximum atomic E-state index is 5.75. The van der Waals surface area contributed by atoms with Gasteiger partial charge in [-0.25, -0.2) is 0 Å². The largest absolute Gasteiger partial charge is 0.278 e. The molecule has 0 radical (unpaired) electrons. The molecule has 0 amide bonds. The first-order chi connectivity index (χ1) is 30.3. The first kappa shape index (κ1) is 36.2. The molecule has 16 rings (SSSR count). The third-order valence-corrected chi connectivity index (χ3v) is 18.2. The summed E-state index contributed by atoms with van der Waals surface area (Å²) in [4.78, 5) is 21.8. The van der Waals surface area contributed by atoms with Crippen molar-refractivity contribution in [3.05, 3.63) is 149 Å². The van der Waals surface area contributed by atoms with Gasteiger partial charge in [-0.3, -0.25) is 9.80 Å². The third kappa shape index (κ3) is 4.73. The summed E-state index contributed by atoms with van der Waals surface area (Å²) in [5.41, 5.74) is 13.1. The average Bonchev–Trinajstić information content (AvgIpc) is 3.28. The van der Waals surface area contributed by atoms with Crippen molar-refractivity contribution in [1.29, 1.82) is 0 Å². The van der Waals surface area contributed by atoms with Gasteiger partial charge >= 0.3 is 0 Å². The number of hydrogen-bond acceptors (Lipinski definition) is 5. The molecule has 1 aromatic heterocycles. The highest BCUT2D eigenvalue weighted by molar-refractivity contribution is 5.88. The fourth-order valence-electron chi connectivity index (χ4n) is 16.5. The number of fused-ring (bicyclic) bond motifs is 4. The van der Waals surface area contributed by atoms with E-state index in [1.807, 2.05) is 0 Å². The monoisotopic (exact) mass is 811 g/mol. The van der Waals surface area contributed by atoms with Crippen LogP contribution in [0.4, 0.5) is 34.6 Å². The molecular weight excluding hydrogens is 755 g/mol. The lowest BCUT2D eigenvalue weighted by atomic mass is 9.41. The van der Waals surface area contributed by atoms with Gasteiger partial charge in [0.05, 0.1) is 22.7 Å². The first-order valence-electron chi connectivity index (χ1n) is 24.1. The Balaban J connectivity index is 1.01. The Morgan fingerprint density at radius 2 is 0.774 bits per heavy atom. The predicted octanol–water partition coefficient (Wildman–Crippen LogP) is 13.9. The van der Waals surface area contributed by atoms with Gasteiger partial charge in [-0.1, -0.05) is 112 Å². The van der Waals surface area contributed by atoms with Crippen LogP contribution in [0.3, 0.4) is 0 Å². The van der Waals surface area contributed by atoms with E-state index in [-0.39, 0.29) is 16.2 Å². The highest BCUT2D eigenvalue weighted by Crippen LogP contribution is 2.71. The molecule has 2 spiro atoms. The SMILES string of the molecule is CC(C)(C)c1cccc(-c2nc(N3c4ccccc4C4(c5ccccc53)C3CC5CC(C3)CC4C5)nc(N3c4ccccc4C4(c5ccccc53)C3CC5CC(C3)CC4C5)n2)c1. The number of nitrogens with zero attached hydrogens (tertiary/aromatic N) is 5. The predicted molar refractivity (Wildman–Crippen MR) is 249 cm³/mol. The zero-order valence-corrected chi connectivity index (χ0v) is 36.5. The van der Waals surface area contributed by atoms with Gasteiger partial charge in [-0.05, 0) is 175 Å². The Morgan fingerprint density at radius 3 is 1.13 bits per heavy atom. The van der Waals surface area contributed by atoms with Crippen molar-refractivity contribution in [2.75, 3.05) is 9.80 Å². The molecule has 310 valence electrons. The van der Waals surface area contributed by atoms with Crippen LogP contribution in [-0.2, 0) is 16.2 Å². The molecule has 0 unspecified atom stereocenters. The highest BCUT2D eigenvalue weighted by Gasteiger charge is 2.63. The molecule has 0 atom stereocenters. The molecular formula is C57H57N5. The summed E-state index contributed by atoms with van der Waals surface area (Å²) in [5.74, 6) is 8.25. The van der Waals surface area contributed by atoms with E-state index >= 15 is 0 Å². The average molecular weight is 812 g/mol.